The van der Waals surface area contributed by atoms with Crippen LogP contribution in [0, 0.1) is 0 Å². The van der Waals surface area contributed by atoms with E-state index in [2.05, 4.69) is 43.0 Å². The van der Waals surface area contributed by atoms with E-state index in [4.69, 9.17) is 0 Å². The van der Waals surface area contributed by atoms with Crippen LogP contribution in [0.5, 0.6) is 0 Å². The molecule has 0 spiro atoms. The van der Waals surface area contributed by atoms with Crippen LogP contribution in [-0.2, 0) is 10.2 Å². The molecule has 0 aromatic heterocycles. The van der Waals surface area contributed by atoms with Crippen LogP contribution in [0.1, 0.15) is 37.8 Å². The molecule has 0 heterocycles. The lowest BCUT2D eigenvalue weighted by Crippen LogP contribution is -2.47. The second kappa shape index (κ2) is 7.56. The molecule has 2 aromatic rings. The lowest BCUT2D eigenvalue weighted by Gasteiger charge is -2.35. The fourth-order valence-electron chi connectivity index (χ4n) is 3.22. The van der Waals surface area contributed by atoms with Gasteiger partial charge in [0.1, 0.15) is 0 Å². The number of nitrogens with zero attached hydrogens (tertiary/aromatic N) is 1. The molecular formula is C21H27NO. The molecule has 2 nitrogen and oxygen atoms in total. The molecule has 2 heteroatoms. The Balaban J connectivity index is 2.56. The average molecular weight is 309 g/mol. The van der Waals surface area contributed by atoms with E-state index in [9.17, 15) is 4.79 Å². The van der Waals surface area contributed by atoms with E-state index >= 15 is 0 Å². The molecular weight excluding hydrogens is 282 g/mol. The maximum atomic E-state index is 13.6. The van der Waals surface area contributed by atoms with E-state index < -0.39 is 5.41 Å². The molecule has 0 aliphatic rings. The molecule has 0 amide bonds. The van der Waals surface area contributed by atoms with Gasteiger partial charge < -0.3 is 0 Å². The summed E-state index contributed by atoms with van der Waals surface area (Å²) < 4.78 is 0. The summed E-state index contributed by atoms with van der Waals surface area (Å²) in [6.45, 7) is 4.19. The number of hydrogen-bond acceptors (Lipinski definition) is 2. The van der Waals surface area contributed by atoms with Crippen molar-refractivity contribution >= 4 is 5.78 Å². The van der Waals surface area contributed by atoms with Crippen molar-refractivity contribution in [2.24, 2.45) is 0 Å². The van der Waals surface area contributed by atoms with Crippen molar-refractivity contribution in [1.29, 1.82) is 0 Å². The number of carbonyl (C=O) groups excluding carboxylic acids is 1. The van der Waals surface area contributed by atoms with Crippen LogP contribution in [0.25, 0.3) is 0 Å². The standard InChI is InChI=1S/C21H27NO/c1-5-12-19(22(3)4)20(23)21(2,17-13-8-6-9-14-17)18-15-10-7-11-16-18/h6-11,13-16,19H,5,12H2,1-4H3. The normalized spacial score (nSPS) is 13.1. The zero-order valence-corrected chi connectivity index (χ0v) is 14.6. The van der Waals surface area contributed by atoms with E-state index in [-0.39, 0.29) is 11.8 Å². The third kappa shape index (κ3) is 3.53. The minimum atomic E-state index is -0.632. The third-order valence-corrected chi connectivity index (χ3v) is 4.68. The van der Waals surface area contributed by atoms with Gasteiger partial charge >= 0.3 is 0 Å². The Bertz CT molecular complexity index is 579. The second-order valence-corrected chi connectivity index (χ2v) is 6.49. The highest BCUT2D eigenvalue weighted by molar-refractivity contribution is 5.97. The highest BCUT2D eigenvalue weighted by atomic mass is 16.1. The number of benzene rings is 2. The Hall–Kier alpha value is -1.93. The van der Waals surface area contributed by atoms with Gasteiger partial charge in [0.05, 0.1) is 11.5 Å². The van der Waals surface area contributed by atoms with Crippen LogP contribution in [0.4, 0.5) is 0 Å². The molecule has 2 rings (SSSR count). The maximum Gasteiger partial charge on any atom is 0.164 e. The molecule has 0 radical (unpaired) electrons. The quantitative estimate of drug-likeness (QED) is 0.760. The van der Waals surface area contributed by atoms with Gasteiger partial charge in [-0.3, -0.25) is 9.69 Å². The van der Waals surface area contributed by atoms with E-state index in [1.807, 2.05) is 50.5 Å². The van der Waals surface area contributed by atoms with Crippen molar-refractivity contribution in [2.75, 3.05) is 14.1 Å². The smallest absolute Gasteiger partial charge is 0.164 e. The number of likely N-dealkylation sites (N-methyl/N-ethyl adjacent to an activating group) is 1. The summed E-state index contributed by atoms with van der Waals surface area (Å²) in [5.41, 5.74) is 1.48. The van der Waals surface area contributed by atoms with E-state index in [0.29, 0.717) is 0 Å². The first-order valence-corrected chi connectivity index (χ1v) is 8.33. The molecule has 0 saturated heterocycles. The molecule has 1 unspecified atom stereocenters. The van der Waals surface area contributed by atoms with Crippen LogP contribution in [0.15, 0.2) is 60.7 Å². The van der Waals surface area contributed by atoms with Crippen molar-refractivity contribution in [2.45, 2.75) is 38.1 Å². The fraction of sp³-hybridized carbons (Fsp3) is 0.381. The second-order valence-electron chi connectivity index (χ2n) is 6.49. The molecule has 122 valence electrons. The van der Waals surface area contributed by atoms with Crippen LogP contribution in [-0.4, -0.2) is 30.8 Å². The van der Waals surface area contributed by atoms with E-state index in [0.717, 1.165) is 24.0 Å². The molecule has 0 aliphatic carbocycles. The first kappa shape index (κ1) is 17.4. The first-order chi connectivity index (χ1) is 11.0. The summed E-state index contributed by atoms with van der Waals surface area (Å²) in [4.78, 5) is 15.6. The summed E-state index contributed by atoms with van der Waals surface area (Å²) in [7, 11) is 3.99. The van der Waals surface area contributed by atoms with Crippen LogP contribution >= 0.6 is 0 Å². The predicted molar refractivity (Wildman–Crippen MR) is 96.7 cm³/mol. The Morgan fingerprint density at radius 2 is 1.39 bits per heavy atom. The van der Waals surface area contributed by atoms with E-state index in [1.54, 1.807) is 0 Å². The minimum Gasteiger partial charge on any atom is -0.300 e. The number of carbonyl (C=O) groups is 1. The molecule has 0 aliphatic heterocycles. The largest absolute Gasteiger partial charge is 0.300 e. The zero-order chi connectivity index (χ0) is 16.9. The lowest BCUT2D eigenvalue weighted by atomic mass is 9.70. The third-order valence-electron chi connectivity index (χ3n) is 4.68. The number of ketones is 1. The molecule has 23 heavy (non-hydrogen) atoms. The average Bonchev–Trinajstić information content (AvgIpc) is 2.59. The molecule has 0 N–H and O–H groups in total. The van der Waals surface area contributed by atoms with Crippen molar-refractivity contribution in [1.82, 2.24) is 4.90 Å². The topological polar surface area (TPSA) is 20.3 Å². The SMILES string of the molecule is CCCC(C(=O)C(C)(c1ccccc1)c1ccccc1)N(C)C. The van der Waals surface area contributed by atoms with Gasteiger partial charge in [-0.05, 0) is 38.6 Å². The molecule has 2 aromatic carbocycles. The van der Waals surface area contributed by atoms with Gasteiger partial charge in [-0.2, -0.15) is 0 Å². The summed E-state index contributed by atoms with van der Waals surface area (Å²) in [5, 5.41) is 0. The van der Waals surface area contributed by atoms with E-state index in [1.165, 1.54) is 0 Å². The Morgan fingerprint density at radius 3 is 1.74 bits per heavy atom. The van der Waals surface area contributed by atoms with Gasteiger partial charge in [-0.1, -0.05) is 74.0 Å². The van der Waals surface area contributed by atoms with Crippen molar-refractivity contribution in [3.05, 3.63) is 71.8 Å². The predicted octanol–water partition coefficient (Wildman–Crippen LogP) is 4.29. The van der Waals surface area contributed by atoms with Crippen molar-refractivity contribution in [3.63, 3.8) is 0 Å². The van der Waals surface area contributed by atoms with Crippen LogP contribution in [0.2, 0.25) is 0 Å². The van der Waals surface area contributed by atoms with Gasteiger partial charge in [0, 0.05) is 0 Å². The van der Waals surface area contributed by atoms with Crippen molar-refractivity contribution in [3.8, 4) is 0 Å². The van der Waals surface area contributed by atoms with Crippen LogP contribution in [0.3, 0.4) is 0 Å². The lowest BCUT2D eigenvalue weighted by molar-refractivity contribution is -0.127. The Morgan fingerprint density at radius 1 is 0.957 bits per heavy atom. The van der Waals surface area contributed by atoms with Gasteiger partial charge in [-0.15, -0.1) is 0 Å². The summed E-state index contributed by atoms with van der Waals surface area (Å²) >= 11 is 0. The molecule has 0 bridgehead atoms. The Labute approximate surface area is 140 Å². The molecule has 0 fully saturated rings. The highest BCUT2D eigenvalue weighted by Gasteiger charge is 2.41. The Kier molecular flexibility index (Phi) is 5.73. The van der Waals surface area contributed by atoms with Gasteiger partial charge in [0.2, 0.25) is 0 Å². The maximum absolute atomic E-state index is 13.6. The highest BCUT2D eigenvalue weighted by Crippen LogP contribution is 2.35. The van der Waals surface area contributed by atoms with Gasteiger partial charge in [0.25, 0.3) is 0 Å². The van der Waals surface area contributed by atoms with Crippen LogP contribution < -0.4 is 0 Å². The zero-order valence-electron chi connectivity index (χ0n) is 14.6. The summed E-state index contributed by atoms with van der Waals surface area (Å²) in [5.74, 6) is 0.266. The van der Waals surface area contributed by atoms with Gasteiger partial charge in [-0.25, -0.2) is 0 Å². The van der Waals surface area contributed by atoms with Crippen molar-refractivity contribution < 1.29 is 4.79 Å². The monoisotopic (exact) mass is 309 g/mol. The number of rotatable bonds is 7. The number of hydrogen-bond donors (Lipinski definition) is 0. The summed E-state index contributed by atoms with van der Waals surface area (Å²) in [6.07, 6.45) is 1.87. The summed E-state index contributed by atoms with van der Waals surface area (Å²) in [6, 6.07) is 20.2. The molecule has 1 atom stereocenters. The minimum absolute atomic E-state index is 0.0783. The number of Topliss-reactive ketones (excluding diaryl/α,β-unsaturated/α-hetero) is 1. The fourth-order valence-corrected chi connectivity index (χ4v) is 3.22. The van der Waals surface area contributed by atoms with Gasteiger partial charge in [0.15, 0.2) is 5.78 Å². The molecule has 0 saturated carbocycles. The first-order valence-electron chi connectivity index (χ1n) is 8.33.